The molecule has 2 N–H and O–H groups in total. The first-order chi connectivity index (χ1) is 22.0. The van der Waals surface area contributed by atoms with Crippen LogP contribution in [-0.2, 0) is 9.59 Å². The van der Waals surface area contributed by atoms with Crippen molar-refractivity contribution in [2.24, 2.45) is 17.8 Å². The highest BCUT2D eigenvalue weighted by molar-refractivity contribution is 6.01. The summed E-state index contributed by atoms with van der Waals surface area (Å²) >= 11 is 0. The molecule has 5 rings (SSSR count). The van der Waals surface area contributed by atoms with Gasteiger partial charge in [-0.1, -0.05) is 70.3 Å². The predicted molar refractivity (Wildman–Crippen MR) is 170 cm³/mol. The minimum Gasteiger partial charge on any atom is -0.339 e. The standard InChI is InChI=1S/C35H48F3N5O3/c1-21(2)43-30(16-17-39-43)33(44)41-32(31(23-10-6-4-7-11-23)24-12-8-5-9-13-24)34(45)40-29-15-14-25(18-26(29)36)22(3)35(46)42-19-27(37)28(38)20-42/h14-18,21-24,27-28,31-32H,4-13,19-20H2,1-3H3,(H,40,45)(H,41,44)/t22-,27-,28-,32-/m0/s1. The minimum absolute atomic E-state index is 0.0558. The van der Waals surface area contributed by atoms with Crippen molar-refractivity contribution in [1.29, 1.82) is 0 Å². The van der Waals surface area contributed by atoms with Gasteiger partial charge in [0.25, 0.3) is 5.91 Å². The fourth-order valence-electron chi connectivity index (χ4n) is 7.86. The van der Waals surface area contributed by atoms with Crippen molar-refractivity contribution >= 4 is 23.4 Å². The maximum Gasteiger partial charge on any atom is 0.270 e. The van der Waals surface area contributed by atoms with Gasteiger partial charge in [-0.05, 0) is 62.3 Å². The van der Waals surface area contributed by atoms with Gasteiger partial charge in [-0.15, -0.1) is 0 Å². The fraction of sp³-hybridized carbons (Fsp3) is 0.657. The third-order valence-corrected chi connectivity index (χ3v) is 10.3. The number of nitrogens with one attached hydrogen (secondary N) is 2. The molecule has 0 radical (unpaired) electrons. The van der Waals surface area contributed by atoms with Gasteiger partial charge >= 0.3 is 0 Å². The lowest BCUT2D eigenvalue weighted by atomic mass is 9.66. The van der Waals surface area contributed by atoms with E-state index in [-0.39, 0.29) is 48.5 Å². The first kappa shape index (κ1) is 34.0. The first-order valence-corrected chi connectivity index (χ1v) is 17.1. The molecule has 11 heteroatoms. The van der Waals surface area contributed by atoms with Crippen LogP contribution in [0.15, 0.2) is 30.5 Å². The Labute approximate surface area is 269 Å². The number of nitrogens with zero attached hydrogens (tertiary/aromatic N) is 3. The predicted octanol–water partition coefficient (Wildman–Crippen LogP) is 6.74. The van der Waals surface area contributed by atoms with E-state index in [4.69, 9.17) is 0 Å². The van der Waals surface area contributed by atoms with Gasteiger partial charge in [0.05, 0.1) is 24.7 Å². The average molecular weight is 644 g/mol. The van der Waals surface area contributed by atoms with Gasteiger partial charge < -0.3 is 15.5 Å². The molecule has 2 heterocycles. The largest absolute Gasteiger partial charge is 0.339 e. The number of carbonyl (C=O) groups excluding carboxylic acids is 3. The van der Waals surface area contributed by atoms with Crippen molar-refractivity contribution < 1.29 is 27.6 Å². The van der Waals surface area contributed by atoms with E-state index in [1.807, 2.05) is 13.8 Å². The second-order valence-corrected chi connectivity index (χ2v) is 13.8. The van der Waals surface area contributed by atoms with Gasteiger partial charge in [0.1, 0.15) is 17.6 Å². The van der Waals surface area contributed by atoms with Crippen LogP contribution in [0.25, 0.3) is 0 Å². The first-order valence-electron chi connectivity index (χ1n) is 17.1. The zero-order valence-corrected chi connectivity index (χ0v) is 27.2. The number of rotatable bonds is 10. The van der Waals surface area contributed by atoms with Crippen LogP contribution >= 0.6 is 0 Å². The van der Waals surface area contributed by atoms with Crippen LogP contribution in [0, 0.1) is 23.6 Å². The molecule has 46 heavy (non-hydrogen) atoms. The summed E-state index contributed by atoms with van der Waals surface area (Å²) in [5, 5.41) is 10.2. The number of benzene rings is 1. The highest BCUT2D eigenvalue weighted by atomic mass is 19.2. The molecule has 252 valence electrons. The van der Waals surface area contributed by atoms with Gasteiger partial charge in [-0.2, -0.15) is 5.10 Å². The molecule has 0 spiro atoms. The van der Waals surface area contributed by atoms with Crippen LogP contribution in [0.1, 0.15) is 113 Å². The molecule has 3 amide bonds. The number of likely N-dealkylation sites (tertiary alicyclic amines) is 1. The number of hydrogen-bond donors (Lipinski definition) is 2. The number of hydrogen-bond acceptors (Lipinski definition) is 4. The van der Waals surface area contributed by atoms with Crippen LogP contribution < -0.4 is 10.6 Å². The van der Waals surface area contributed by atoms with Gasteiger partial charge in [0.2, 0.25) is 11.8 Å². The highest BCUT2D eigenvalue weighted by Crippen LogP contribution is 2.42. The molecule has 1 aliphatic heterocycles. The molecular formula is C35H48F3N5O3. The molecule has 3 fully saturated rings. The lowest BCUT2D eigenvalue weighted by Gasteiger charge is -2.42. The molecule has 3 aliphatic rings. The van der Waals surface area contributed by atoms with Gasteiger partial charge in [0.15, 0.2) is 12.3 Å². The van der Waals surface area contributed by atoms with Crippen LogP contribution in [0.3, 0.4) is 0 Å². The number of alkyl halides is 2. The molecule has 0 bridgehead atoms. The van der Waals surface area contributed by atoms with E-state index in [1.165, 1.54) is 12.1 Å². The number of amides is 3. The van der Waals surface area contributed by atoms with Crippen molar-refractivity contribution in [1.82, 2.24) is 20.0 Å². The van der Waals surface area contributed by atoms with Crippen molar-refractivity contribution in [3.63, 3.8) is 0 Å². The third kappa shape index (κ3) is 7.60. The van der Waals surface area contributed by atoms with Gasteiger partial charge in [-0.25, -0.2) is 13.2 Å². The van der Waals surface area contributed by atoms with E-state index < -0.39 is 41.9 Å². The average Bonchev–Trinajstić information content (AvgIpc) is 3.69. The number of aromatic nitrogens is 2. The molecule has 2 aromatic rings. The Kier molecular flexibility index (Phi) is 11.1. The summed E-state index contributed by atoms with van der Waals surface area (Å²) in [5.74, 6) is -2.46. The van der Waals surface area contributed by atoms with Crippen LogP contribution in [-0.4, -0.2) is 63.9 Å². The lowest BCUT2D eigenvalue weighted by molar-refractivity contribution is -0.131. The maximum atomic E-state index is 15.6. The van der Waals surface area contributed by atoms with E-state index >= 15 is 4.39 Å². The van der Waals surface area contributed by atoms with E-state index in [0.717, 1.165) is 69.1 Å². The maximum absolute atomic E-state index is 15.6. The summed E-state index contributed by atoms with van der Waals surface area (Å²) in [6.07, 6.45) is 8.72. The zero-order chi connectivity index (χ0) is 33.0. The minimum atomic E-state index is -1.73. The third-order valence-electron chi connectivity index (χ3n) is 10.3. The summed E-state index contributed by atoms with van der Waals surface area (Å²) in [7, 11) is 0. The molecule has 1 aromatic carbocycles. The summed E-state index contributed by atoms with van der Waals surface area (Å²) in [4.78, 5) is 42.0. The Morgan fingerprint density at radius 1 is 0.870 bits per heavy atom. The quantitative estimate of drug-likeness (QED) is 0.300. The van der Waals surface area contributed by atoms with Crippen LogP contribution in [0.4, 0.5) is 18.9 Å². The Morgan fingerprint density at radius 3 is 2.00 bits per heavy atom. The van der Waals surface area contributed by atoms with E-state index in [9.17, 15) is 23.2 Å². The molecule has 8 nitrogen and oxygen atoms in total. The SMILES string of the molecule is CC(C)n1nccc1C(=O)N[C@H](C(=O)Nc1ccc([C@H](C)C(=O)N2C[C@H](F)[C@@H](F)C2)cc1F)C(C1CCCCC1)C1CCCCC1. The summed E-state index contributed by atoms with van der Waals surface area (Å²) < 4.78 is 44.6. The van der Waals surface area contributed by atoms with Crippen molar-refractivity contribution in [3.05, 3.63) is 47.5 Å². The van der Waals surface area contributed by atoms with Gasteiger partial charge in [-0.3, -0.25) is 19.1 Å². The number of halogens is 3. The van der Waals surface area contributed by atoms with Crippen molar-refractivity contribution in [3.8, 4) is 0 Å². The van der Waals surface area contributed by atoms with E-state index in [2.05, 4.69) is 15.7 Å². The molecule has 0 unspecified atom stereocenters. The van der Waals surface area contributed by atoms with E-state index in [0.29, 0.717) is 11.3 Å². The van der Waals surface area contributed by atoms with E-state index in [1.54, 1.807) is 29.9 Å². The molecule has 4 atom stereocenters. The second-order valence-electron chi connectivity index (χ2n) is 13.8. The van der Waals surface area contributed by atoms with Gasteiger partial charge in [0, 0.05) is 12.2 Å². The summed E-state index contributed by atoms with van der Waals surface area (Å²) in [5.41, 5.74) is 0.649. The zero-order valence-electron chi connectivity index (χ0n) is 27.2. The topological polar surface area (TPSA) is 96.3 Å². The Hall–Kier alpha value is -3.37. The Balaban J connectivity index is 1.40. The molecule has 2 saturated carbocycles. The molecule has 1 saturated heterocycles. The van der Waals surface area contributed by atoms with Crippen molar-refractivity contribution in [2.75, 3.05) is 18.4 Å². The second kappa shape index (κ2) is 15.0. The smallest absolute Gasteiger partial charge is 0.270 e. The lowest BCUT2D eigenvalue weighted by Crippen LogP contribution is -2.53. The Morgan fingerprint density at radius 2 is 1.46 bits per heavy atom. The summed E-state index contributed by atoms with van der Waals surface area (Å²) in [6.45, 7) is 4.79. The highest BCUT2D eigenvalue weighted by Gasteiger charge is 2.42. The molecule has 1 aromatic heterocycles. The molecule has 2 aliphatic carbocycles. The summed E-state index contributed by atoms with van der Waals surface area (Å²) in [6, 6.07) is 4.85. The van der Waals surface area contributed by atoms with Crippen LogP contribution in [0.5, 0.6) is 0 Å². The van der Waals surface area contributed by atoms with Crippen molar-refractivity contribution in [2.45, 2.75) is 115 Å². The molecular weight excluding hydrogens is 595 g/mol. The number of anilines is 1. The monoisotopic (exact) mass is 643 g/mol. The Bertz CT molecular complexity index is 1340. The number of carbonyl (C=O) groups is 3. The normalized spacial score (nSPS) is 22.7. The fourth-order valence-corrected chi connectivity index (χ4v) is 7.86. The van der Waals surface area contributed by atoms with Crippen LogP contribution in [0.2, 0.25) is 0 Å².